The van der Waals surface area contributed by atoms with Crippen LogP contribution in [0.15, 0.2) is 77.8 Å². The number of aromatic hydroxyl groups is 1. The van der Waals surface area contributed by atoms with Crippen LogP contribution in [-0.4, -0.2) is 29.5 Å². The maximum absolute atomic E-state index is 10.7. The van der Waals surface area contributed by atoms with Crippen molar-refractivity contribution >= 4 is 33.9 Å². The molecule has 0 amide bonds. The van der Waals surface area contributed by atoms with E-state index in [1.54, 1.807) is 19.2 Å². The van der Waals surface area contributed by atoms with E-state index in [9.17, 15) is 5.11 Å². The second-order valence-corrected chi connectivity index (χ2v) is 7.78. The first-order valence-corrected chi connectivity index (χ1v) is 10.4. The van der Waals surface area contributed by atoms with E-state index in [2.05, 4.69) is 4.98 Å². The zero-order valence-electron chi connectivity index (χ0n) is 17.2. The SMILES string of the molecule is COCCC(N)c1ccc(N=C(c2ccccc2)c2c(O)[nH]c3cc(Cl)ccc23)cc1. The molecule has 0 radical (unpaired) electrons. The highest BCUT2D eigenvalue weighted by Crippen LogP contribution is 2.33. The number of rotatable bonds is 7. The van der Waals surface area contributed by atoms with Crippen LogP contribution in [0, 0.1) is 0 Å². The molecule has 158 valence electrons. The highest BCUT2D eigenvalue weighted by molar-refractivity contribution is 6.31. The van der Waals surface area contributed by atoms with Crippen LogP contribution in [0.1, 0.15) is 29.2 Å². The molecule has 0 saturated carbocycles. The van der Waals surface area contributed by atoms with E-state index in [1.165, 1.54) is 0 Å². The van der Waals surface area contributed by atoms with Crippen LogP contribution in [0.5, 0.6) is 5.88 Å². The summed E-state index contributed by atoms with van der Waals surface area (Å²) in [5.41, 5.74) is 11.0. The molecule has 0 aliphatic carbocycles. The van der Waals surface area contributed by atoms with E-state index in [-0.39, 0.29) is 11.9 Å². The van der Waals surface area contributed by atoms with Crippen molar-refractivity contribution in [3.8, 4) is 5.88 Å². The van der Waals surface area contributed by atoms with Gasteiger partial charge in [-0.1, -0.05) is 60.1 Å². The van der Waals surface area contributed by atoms with E-state index in [1.807, 2.05) is 60.7 Å². The van der Waals surface area contributed by atoms with Gasteiger partial charge in [-0.3, -0.25) is 0 Å². The van der Waals surface area contributed by atoms with Crippen LogP contribution >= 0.6 is 11.6 Å². The summed E-state index contributed by atoms with van der Waals surface area (Å²) in [4.78, 5) is 7.91. The zero-order chi connectivity index (χ0) is 21.8. The van der Waals surface area contributed by atoms with Crippen LogP contribution < -0.4 is 5.73 Å². The van der Waals surface area contributed by atoms with E-state index in [4.69, 9.17) is 27.1 Å². The summed E-state index contributed by atoms with van der Waals surface area (Å²) in [5.74, 6) is 0.0538. The minimum absolute atomic E-state index is 0.0538. The fraction of sp³-hybridized carbons (Fsp3) is 0.160. The molecule has 3 aromatic carbocycles. The fourth-order valence-corrected chi connectivity index (χ4v) is 3.76. The quantitative estimate of drug-likeness (QED) is 0.325. The number of hydrogen-bond donors (Lipinski definition) is 3. The number of aromatic nitrogens is 1. The molecule has 31 heavy (non-hydrogen) atoms. The van der Waals surface area contributed by atoms with Crippen molar-refractivity contribution in [1.82, 2.24) is 4.98 Å². The molecule has 4 aromatic rings. The number of nitrogens with zero attached hydrogens (tertiary/aromatic N) is 1. The molecule has 0 aliphatic rings. The number of methoxy groups -OCH3 is 1. The van der Waals surface area contributed by atoms with E-state index in [0.29, 0.717) is 22.9 Å². The van der Waals surface area contributed by atoms with Gasteiger partial charge in [0, 0.05) is 35.7 Å². The maximum atomic E-state index is 10.7. The average Bonchev–Trinajstić information content (AvgIpc) is 3.11. The number of nitrogens with one attached hydrogen (secondary N) is 1. The molecule has 1 atom stereocenters. The maximum Gasteiger partial charge on any atom is 0.199 e. The number of aliphatic imine (C=N–C) groups is 1. The Hall–Kier alpha value is -3.12. The molecule has 0 spiro atoms. The third kappa shape index (κ3) is 4.64. The Kier molecular flexibility index (Phi) is 6.37. The number of ether oxygens (including phenoxy) is 1. The molecule has 5 nitrogen and oxygen atoms in total. The monoisotopic (exact) mass is 433 g/mol. The molecule has 6 heteroatoms. The van der Waals surface area contributed by atoms with Crippen molar-refractivity contribution in [2.75, 3.05) is 13.7 Å². The summed E-state index contributed by atoms with van der Waals surface area (Å²) >= 11 is 6.13. The third-order valence-electron chi connectivity index (χ3n) is 5.22. The van der Waals surface area contributed by atoms with Crippen molar-refractivity contribution in [3.05, 3.63) is 94.5 Å². The summed E-state index contributed by atoms with van der Waals surface area (Å²) in [6.45, 7) is 0.614. The minimum atomic E-state index is -0.0889. The Bertz CT molecular complexity index is 1200. The summed E-state index contributed by atoms with van der Waals surface area (Å²) < 4.78 is 5.12. The van der Waals surface area contributed by atoms with Gasteiger partial charge < -0.3 is 20.6 Å². The first-order chi connectivity index (χ1) is 15.1. The molecule has 0 bridgehead atoms. The molecule has 0 saturated heterocycles. The lowest BCUT2D eigenvalue weighted by atomic mass is 10.0. The molecule has 4 rings (SSSR count). The van der Waals surface area contributed by atoms with Gasteiger partial charge in [-0.2, -0.15) is 0 Å². The highest BCUT2D eigenvalue weighted by atomic mass is 35.5. The molecule has 0 aliphatic heterocycles. The number of aromatic amines is 1. The minimum Gasteiger partial charge on any atom is -0.494 e. The first kappa shape index (κ1) is 21.1. The van der Waals surface area contributed by atoms with Gasteiger partial charge in [0.05, 0.1) is 22.5 Å². The lowest BCUT2D eigenvalue weighted by molar-refractivity contribution is 0.188. The zero-order valence-corrected chi connectivity index (χ0v) is 17.9. The van der Waals surface area contributed by atoms with Gasteiger partial charge >= 0.3 is 0 Å². The van der Waals surface area contributed by atoms with E-state index < -0.39 is 0 Å². The number of nitrogens with two attached hydrogens (primary N) is 1. The Balaban J connectivity index is 1.79. The second kappa shape index (κ2) is 9.35. The molecule has 1 heterocycles. The third-order valence-corrected chi connectivity index (χ3v) is 5.46. The predicted octanol–water partition coefficient (Wildman–Crippen LogP) is 5.73. The molecule has 1 aromatic heterocycles. The second-order valence-electron chi connectivity index (χ2n) is 7.34. The molecular weight excluding hydrogens is 410 g/mol. The Morgan fingerprint density at radius 1 is 1.10 bits per heavy atom. The van der Waals surface area contributed by atoms with Gasteiger partial charge in [-0.15, -0.1) is 0 Å². The normalized spacial score (nSPS) is 12.9. The van der Waals surface area contributed by atoms with Crippen molar-refractivity contribution < 1.29 is 9.84 Å². The largest absolute Gasteiger partial charge is 0.494 e. The van der Waals surface area contributed by atoms with E-state index >= 15 is 0 Å². The summed E-state index contributed by atoms with van der Waals surface area (Å²) in [7, 11) is 1.67. The highest BCUT2D eigenvalue weighted by Gasteiger charge is 2.19. The summed E-state index contributed by atoms with van der Waals surface area (Å²) in [5, 5.41) is 12.2. The molecular formula is C25H24ClN3O2. The van der Waals surface area contributed by atoms with Gasteiger partial charge in [0.25, 0.3) is 0 Å². The van der Waals surface area contributed by atoms with Gasteiger partial charge in [-0.25, -0.2) is 4.99 Å². The number of halogens is 1. The van der Waals surface area contributed by atoms with Crippen molar-refractivity contribution in [2.45, 2.75) is 12.5 Å². The average molecular weight is 434 g/mol. The predicted molar refractivity (Wildman–Crippen MR) is 127 cm³/mol. The number of hydrogen-bond acceptors (Lipinski definition) is 4. The van der Waals surface area contributed by atoms with E-state index in [0.717, 1.165) is 34.1 Å². The molecule has 4 N–H and O–H groups in total. The Morgan fingerprint density at radius 2 is 1.84 bits per heavy atom. The smallest absolute Gasteiger partial charge is 0.199 e. The number of benzene rings is 3. The Labute approximate surface area is 186 Å². The lowest BCUT2D eigenvalue weighted by Crippen LogP contribution is -2.12. The van der Waals surface area contributed by atoms with Crippen molar-refractivity contribution in [1.29, 1.82) is 0 Å². The first-order valence-electron chi connectivity index (χ1n) is 10.1. The number of fused-ring (bicyclic) bond motifs is 1. The Morgan fingerprint density at radius 3 is 2.55 bits per heavy atom. The lowest BCUT2D eigenvalue weighted by Gasteiger charge is -2.12. The summed E-state index contributed by atoms with van der Waals surface area (Å²) in [6.07, 6.45) is 0.750. The summed E-state index contributed by atoms with van der Waals surface area (Å²) in [6, 6.07) is 23.0. The van der Waals surface area contributed by atoms with Crippen LogP contribution in [0.2, 0.25) is 5.02 Å². The van der Waals surface area contributed by atoms with Gasteiger partial charge in [0.2, 0.25) is 0 Å². The van der Waals surface area contributed by atoms with Crippen LogP contribution in [-0.2, 0) is 4.74 Å². The fourth-order valence-electron chi connectivity index (χ4n) is 3.59. The van der Waals surface area contributed by atoms with Crippen LogP contribution in [0.4, 0.5) is 5.69 Å². The van der Waals surface area contributed by atoms with Gasteiger partial charge in [-0.05, 0) is 36.2 Å². The van der Waals surface area contributed by atoms with Crippen LogP contribution in [0.25, 0.3) is 10.9 Å². The molecule has 0 fully saturated rings. The van der Waals surface area contributed by atoms with Crippen LogP contribution in [0.3, 0.4) is 0 Å². The van der Waals surface area contributed by atoms with Gasteiger partial charge in [0.15, 0.2) is 5.88 Å². The standard InChI is InChI=1S/C25H24ClN3O2/c1-31-14-13-21(27)16-7-10-19(11-8-16)28-24(17-5-3-2-4-6-17)23-20-12-9-18(26)15-22(20)29-25(23)30/h2-12,15,21,29-30H,13-14,27H2,1H3. The number of H-pyrrole nitrogens is 1. The molecule has 1 unspecified atom stereocenters. The van der Waals surface area contributed by atoms with Crippen molar-refractivity contribution in [3.63, 3.8) is 0 Å². The van der Waals surface area contributed by atoms with Crippen molar-refractivity contribution in [2.24, 2.45) is 10.7 Å². The van der Waals surface area contributed by atoms with Gasteiger partial charge in [0.1, 0.15) is 0 Å². The topological polar surface area (TPSA) is 83.6 Å².